The molecule has 0 radical (unpaired) electrons. The zero-order valence-electron chi connectivity index (χ0n) is 12.3. The summed E-state index contributed by atoms with van der Waals surface area (Å²) in [6.45, 7) is 5.47. The molecule has 2 aromatic rings. The average molecular weight is 350 g/mol. The van der Waals surface area contributed by atoms with Gasteiger partial charge in [-0.25, -0.2) is 9.97 Å². The van der Waals surface area contributed by atoms with Crippen LogP contribution in [0.4, 0.5) is 5.82 Å². The number of anilines is 1. The van der Waals surface area contributed by atoms with E-state index in [1.54, 1.807) is 0 Å². The summed E-state index contributed by atoms with van der Waals surface area (Å²) in [4.78, 5) is 11.1. The van der Waals surface area contributed by atoms with Crippen molar-refractivity contribution < 1.29 is 5.11 Å². The normalized spacial score (nSPS) is 10.9. The highest BCUT2D eigenvalue weighted by Gasteiger charge is 2.13. The lowest BCUT2D eigenvalue weighted by Crippen LogP contribution is -2.27. The number of halogens is 1. The summed E-state index contributed by atoms with van der Waals surface area (Å²) < 4.78 is 0.771. The van der Waals surface area contributed by atoms with Gasteiger partial charge in [0.1, 0.15) is 16.2 Å². The van der Waals surface area contributed by atoms with Crippen LogP contribution in [-0.2, 0) is 6.54 Å². The Hall–Kier alpha value is -1.46. The van der Waals surface area contributed by atoms with E-state index in [2.05, 4.69) is 56.8 Å². The van der Waals surface area contributed by atoms with Crippen molar-refractivity contribution in [2.75, 3.05) is 18.1 Å². The highest BCUT2D eigenvalue weighted by molar-refractivity contribution is 9.10. The summed E-state index contributed by atoms with van der Waals surface area (Å²) in [6, 6.07) is 12.1. The van der Waals surface area contributed by atoms with E-state index in [4.69, 9.17) is 0 Å². The minimum Gasteiger partial charge on any atom is -0.395 e. The molecular weight excluding hydrogens is 330 g/mol. The van der Waals surface area contributed by atoms with Gasteiger partial charge in [0.25, 0.3) is 0 Å². The molecule has 112 valence electrons. The van der Waals surface area contributed by atoms with Crippen molar-refractivity contribution in [3.8, 4) is 0 Å². The number of aromatic nitrogens is 2. The second kappa shape index (κ2) is 7.52. The number of aliphatic hydroxyl groups is 1. The molecular formula is C16H20BrN3O. The van der Waals surface area contributed by atoms with Crippen LogP contribution in [0.1, 0.15) is 31.2 Å². The summed E-state index contributed by atoms with van der Waals surface area (Å²) in [7, 11) is 0. The van der Waals surface area contributed by atoms with Crippen molar-refractivity contribution in [3.63, 3.8) is 0 Å². The van der Waals surface area contributed by atoms with Gasteiger partial charge in [0.15, 0.2) is 0 Å². The van der Waals surface area contributed by atoms with Gasteiger partial charge in [-0.15, -0.1) is 0 Å². The summed E-state index contributed by atoms with van der Waals surface area (Å²) in [5, 5.41) is 9.33. The van der Waals surface area contributed by atoms with E-state index in [0.29, 0.717) is 13.1 Å². The van der Waals surface area contributed by atoms with Crippen molar-refractivity contribution in [1.29, 1.82) is 0 Å². The van der Waals surface area contributed by atoms with Crippen LogP contribution in [0.3, 0.4) is 0 Å². The lowest BCUT2D eigenvalue weighted by Gasteiger charge is -2.24. The number of benzene rings is 1. The number of hydrogen-bond acceptors (Lipinski definition) is 4. The summed E-state index contributed by atoms with van der Waals surface area (Å²) >= 11 is 3.45. The van der Waals surface area contributed by atoms with Crippen molar-refractivity contribution in [2.24, 2.45) is 0 Å². The maximum absolute atomic E-state index is 9.33. The van der Waals surface area contributed by atoms with E-state index in [0.717, 1.165) is 16.2 Å². The quantitative estimate of drug-likeness (QED) is 0.812. The number of rotatable bonds is 6. The Kier molecular flexibility index (Phi) is 5.70. The first-order valence-electron chi connectivity index (χ1n) is 7.04. The van der Waals surface area contributed by atoms with Crippen LogP contribution in [-0.4, -0.2) is 28.2 Å². The molecule has 1 heterocycles. The molecule has 1 aromatic heterocycles. The largest absolute Gasteiger partial charge is 0.395 e. The van der Waals surface area contributed by atoms with E-state index in [-0.39, 0.29) is 12.5 Å². The molecule has 21 heavy (non-hydrogen) atoms. The van der Waals surface area contributed by atoms with Gasteiger partial charge in [-0.2, -0.15) is 0 Å². The minimum atomic E-state index is 0.0888. The van der Waals surface area contributed by atoms with E-state index in [1.165, 1.54) is 5.56 Å². The van der Waals surface area contributed by atoms with Crippen LogP contribution in [0.5, 0.6) is 0 Å². The van der Waals surface area contributed by atoms with Gasteiger partial charge in [-0.05, 0) is 21.5 Å². The van der Waals surface area contributed by atoms with Crippen LogP contribution in [0.25, 0.3) is 0 Å². The van der Waals surface area contributed by atoms with Crippen LogP contribution in [0, 0.1) is 0 Å². The van der Waals surface area contributed by atoms with Crippen LogP contribution in [0.15, 0.2) is 41.0 Å². The Labute approximate surface area is 134 Å². The SMILES string of the molecule is CC(C)c1nc(Br)cc(N(CCO)Cc2ccccc2)n1. The second-order valence-electron chi connectivity index (χ2n) is 5.19. The molecule has 5 heteroatoms. The first kappa shape index (κ1) is 15.9. The molecule has 0 fully saturated rings. The molecule has 0 unspecified atom stereocenters. The zero-order valence-corrected chi connectivity index (χ0v) is 13.9. The lowest BCUT2D eigenvalue weighted by atomic mass is 10.2. The van der Waals surface area contributed by atoms with Gasteiger partial charge in [0.2, 0.25) is 0 Å². The van der Waals surface area contributed by atoms with Gasteiger partial charge in [0, 0.05) is 25.1 Å². The Morgan fingerprint density at radius 3 is 2.52 bits per heavy atom. The standard InChI is InChI=1S/C16H20BrN3O/c1-12(2)16-18-14(17)10-15(19-16)20(8-9-21)11-13-6-4-3-5-7-13/h3-7,10,12,21H,8-9,11H2,1-2H3. The van der Waals surface area contributed by atoms with Gasteiger partial charge in [-0.1, -0.05) is 44.2 Å². The van der Waals surface area contributed by atoms with Crippen molar-refractivity contribution in [2.45, 2.75) is 26.3 Å². The Bertz CT molecular complexity index is 575. The third-order valence-corrected chi connectivity index (χ3v) is 3.53. The first-order chi connectivity index (χ1) is 10.1. The van der Waals surface area contributed by atoms with Crippen molar-refractivity contribution in [1.82, 2.24) is 9.97 Å². The summed E-state index contributed by atoms with van der Waals surface area (Å²) in [5.41, 5.74) is 1.19. The number of hydrogen-bond donors (Lipinski definition) is 1. The monoisotopic (exact) mass is 349 g/mol. The molecule has 1 aromatic carbocycles. The van der Waals surface area contributed by atoms with E-state index < -0.39 is 0 Å². The predicted molar refractivity (Wildman–Crippen MR) is 88.4 cm³/mol. The Balaban J connectivity index is 2.29. The number of nitrogens with zero attached hydrogens (tertiary/aromatic N) is 3. The molecule has 0 saturated carbocycles. The first-order valence-corrected chi connectivity index (χ1v) is 7.83. The van der Waals surface area contributed by atoms with E-state index in [9.17, 15) is 5.11 Å². The molecule has 0 spiro atoms. The lowest BCUT2D eigenvalue weighted by molar-refractivity contribution is 0.301. The molecule has 4 nitrogen and oxygen atoms in total. The molecule has 0 amide bonds. The smallest absolute Gasteiger partial charge is 0.134 e. The highest BCUT2D eigenvalue weighted by Crippen LogP contribution is 2.21. The molecule has 0 aliphatic rings. The van der Waals surface area contributed by atoms with Crippen LogP contribution < -0.4 is 4.90 Å². The van der Waals surface area contributed by atoms with Gasteiger partial charge in [0.05, 0.1) is 6.61 Å². The van der Waals surface area contributed by atoms with Gasteiger partial charge >= 0.3 is 0 Å². The summed E-state index contributed by atoms with van der Waals surface area (Å²) in [5.74, 6) is 1.89. The Morgan fingerprint density at radius 1 is 1.19 bits per heavy atom. The topological polar surface area (TPSA) is 49.2 Å². The van der Waals surface area contributed by atoms with E-state index in [1.807, 2.05) is 24.3 Å². The number of aliphatic hydroxyl groups excluding tert-OH is 1. The third kappa shape index (κ3) is 4.51. The van der Waals surface area contributed by atoms with Crippen LogP contribution in [0.2, 0.25) is 0 Å². The maximum atomic E-state index is 9.33. The van der Waals surface area contributed by atoms with E-state index >= 15 is 0 Å². The van der Waals surface area contributed by atoms with Gasteiger partial charge < -0.3 is 10.0 Å². The van der Waals surface area contributed by atoms with Crippen molar-refractivity contribution >= 4 is 21.7 Å². The third-order valence-electron chi connectivity index (χ3n) is 3.13. The Morgan fingerprint density at radius 2 is 1.90 bits per heavy atom. The molecule has 0 atom stereocenters. The molecule has 0 aliphatic carbocycles. The zero-order chi connectivity index (χ0) is 15.2. The van der Waals surface area contributed by atoms with Gasteiger partial charge in [-0.3, -0.25) is 0 Å². The molecule has 0 bridgehead atoms. The van der Waals surface area contributed by atoms with Crippen LogP contribution >= 0.6 is 15.9 Å². The fourth-order valence-electron chi connectivity index (χ4n) is 2.04. The summed E-state index contributed by atoms with van der Waals surface area (Å²) in [6.07, 6.45) is 0. The molecule has 0 aliphatic heterocycles. The minimum absolute atomic E-state index is 0.0888. The molecule has 2 rings (SSSR count). The highest BCUT2D eigenvalue weighted by atomic mass is 79.9. The molecule has 1 N–H and O–H groups in total. The second-order valence-corrected chi connectivity index (χ2v) is 6.01. The predicted octanol–water partition coefficient (Wildman–Crippen LogP) is 3.36. The maximum Gasteiger partial charge on any atom is 0.134 e. The fourth-order valence-corrected chi connectivity index (χ4v) is 2.43. The average Bonchev–Trinajstić information content (AvgIpc) is 2.47. The fraction of sp³-hybridized carbons (Fsp3) is 0.375. The molecule has 0 saturated heterocycles. The van der Waals surface area contributed by atoms with Crippen molar-refractivity contribution in [3.05, 3.63) is 52.4 Å².